The van der Waals surface area contributed by atoms with Crippen molar-refractivity contribution in [3.05, 3.63) is 48.9 Å². The number of piperidine rings is 1. The van der Waals surface area contributed by atoms with Gasteiger partial charge >= 0.3 is 0 Å². The van der Waals surface area contributed by atoms with Gasteiger partial charge < -0.3 is 10.1 Å². The summed E-state index contributed by atoms with van der Waals surface area (Å²) in [6.07, 6.45) is 5.99. The van der Waals surface area contributed by atoms with Crippen LogP contribution in [0.25, 0.3) is 21.5 Å². The van der Waals surface area contributed by atoms with Crippen molar-refractivity contribution in [3.8, 4) is 16.3 Å². The monoisotopic (exact) mass is 356 g/mol. The number of nitrogens with zero attached hydrogens (tertiary/aromatic N) is 3. The van der Waals surface area contributed by atoms with Crippen LogP contribution in [0.15, 0.2) is 43.1 Å². The Morgan fingerprint density at radius 1 is 1.24 bits per heavy atom. The van der Waals surface area contributed by atoms with Crippen molar-refractivity contribution in [2.24, 2.45) is 0 Å². The number of aryl methyl sites for hydroxylation is 1. The Morgan fingerprint density at radius 3 is 2.76 bits per heavy atom. The molecule has 1 saturated heterocycles. The van der Waals surface area contributed by atoms with Gasteiger partial charge in [-0.3, -0.25) is 0 Å². The van der Waals surface area contributed by atoms with Crippen LogP contribution in [-0.4, -0.2) is 34.1 Å². The third kappa shape index (κ3) is 4.03. The maximum absolute atomic E-state index is 6.32. The van der Waals surface area contributed by atoms with Crippen molar-refractivity contribution in [1.82, 2.24) is 20.3 Å². The van der Waals surface area contributed by atoms with Gasteiger partial charge in [0.25, 0.3) is 0 Å². The summed E-state index contributed by atoms with van der Waals surface area (Å²) in [4.78, 5) is 13.3. The number of ether oxygens (including phenoxy) is 1. The lowest BCUT2D eigenvalue weighted by atomic mass is 10.1. The van der Waals surface area contributed by atoms with Gasteiger partial charge in [0.15, 0.2) is 0 Å². The molecule has 3 heterocycles. The molecule has 0 spiro atoms. The van der Waals surface area contributed by atoms with Crippen molar-refractivity contribution < 1.29 is 6.16 Å². The number of hydrogen-bond acceptors (Lipinski definition) is 6. The first-order chi connectivity index (χ1) is 12.3. The number of nitrogens with one attached hydrogen (secondary N) is 1. The van der Waals surface area contributed by atoms with Crippen molar-refractivity contribution in [2.75, 3.05) is 13.1 Å². The summed E-state index contributed by atoms with van der Waals surface area (Å²) < 4.78 is 6.32. The van der Waals surface area contributed by atoms with Gasteiger partial charge in [0.05, 0.1) is 11.1 Å². The fourth-order valence-electron chi connectivity index (χ4n) is 2.87. The second kappa shape index (κ2) is 8.18. The van der Waals surface area contributed by atoms with Crippen molar-refractivity contribution >= 4 is 22.2 Å². The molecular weight excluding hydrogens is 332 g/mol. The molecule has 2 aromatic heterocycles. The Balaban J connectivity index is 0.000000784. The van der Waals surface area contributed by atoms with Gasteiger partial charge in [-0.05, 0) is 38.9 Å². The van der Waals surface area contributed by atoms with E-state index in [2.05, 4.69) is 39.5 Å². The largest absolute Gasteiger partial charge is 0.490 e. The van der Waals surface area contributed by atoms with E-state index in [1.54, 1.807) is 11.3 Å². The summed E-state index contributed by atoms with van der Waals surface area (Å²) in [6, 6.07) is 4.12. The molecule has 4 rings (SSSR count). The zero-order chi connectivity index (χ0) is 17.6. The lowest BCUT2D eigenvalue weighted by Gasteiger charge is -2.25. The molecular formula is C19H24N4OS. The van der Waals surface area contributed by atoms with Crippen LogP contribution in [0.5, 0.6) is 5.75 Å². The maximum atomic E-state index is 6.32. The molecule has 0 unspecified atom stereocenters. The summed E-state index contributed by atoms with van der Waals surface area (Å²) >= 11 is 1.62. The molecule has 1 fully saturated rings. The summed E-state index contributed by atoms with van der Waals surface area (Å²) in [5, 5.41) is 7.34. The lowest BCUT2D eigenvalue weighted by molar-refractivity contribution is 0.163. The molecule has 0 atom stereocenters. The van der Waals surface area contributed by atoms with Crippen LogP contribution in [0.1, 0.15) is 20.1 Å². The van der Waals surface area contributed by atoms with Crippen LogP contribution in [-0.2, 0) is 0 Å². The average Bonchev–Trinajstić information content (AvgIpc) is 3.18. The van der Waals surface area contributed by atoms with Crippen LogP contribution in [0, 0.1) is 6.92 Å². The molecule has 1 aliphatic heterocycles. The van der Waals surface area contributed by atoms with Gasteiger partial charge in [-0.2, -0.15) is 0 Å². The molecule has 6 heteroatoms. The van der Waals surface area contributed by atoms with E-state index in [1.807, 2.05) is 30.8 Å². The highest BCUT2D eigenvalue weighted by Crippen LogP contribution is 2.36. The fraction of sp³-hybridized carbons (Fsp3) is 0.316. The molecule has 3 aromatic rings. The van der Waals surface area contributed by atoms with Crippen molar-refractivity contribution in [2.45, 2.75) is 25.9 Å². The minimum Gasteiger partial charge on any atom is -0.490 e. The van der Waals surface area contributed by atoms with E-state index in [0.717, 1.165) is 59.0 Å². The smallest absolute Gasteiger partial charge is 0.132 e. The first-order valence-electron chi connectivity index (χ1n) is 8.34. The normalized spacial score (nSPS) is 14.8. The summed E-state index contributed by atoms with van der Waals surface area (Å²) in [6.45, 7) is 9.92. The molecule has 132 valence electrons. The molecule has 0 saturated carbocycles. The standard InChI is InChI=1S/C17H18N4OS.C2H4.H2/c1-11-20-10-12-8-14(17-19-6-7-23-17)16(9-15(12)21-11)22-13-2-4-18-5-3-13;1-2;/h6-10,13,18H,2-5H2,1H3;1-2H2;1H. The number of rotatable bonds is 3. The van der Waals surface area contributed by atoms with E-state index in [9.17, 15) is 0 Å². The van der Waals surface area contributed by atoms with Crippen LogP contribution in [0.4, 0.5) is 0 Å². The third-order valence-electron chi connectivity index (χ3n) is 4.04. The first-order valence-corrected chi connectivity index (χ1v) is 9.22. The SMILES string of the molecule is C=C.Cc1ncc2cc(-c3nccs3)c(OC3CCNCC3)cc2n1.[HH]. The molecule has 0 amide bonds. The molecule has 0 bridgehead atoms. The molecule has 5 nitrogen and oxygen atoms in total. The number of fused-ring (bicyclic) bond motifs is 1. The van der Waals surface area contributed by atoms with Gasteiger partial charge in [-0.25, -0.2) is 15.0 Å². The molecule has 1 aromatic carbocycles. The van der Waals surface area contributed by atoms with Crippen molar-refractivity contribution in [1.29, 1.82) is 0 Å². The van der Waals surface area contributed by atoms with E-state index < -0.39 is 0 Å². The molecule has 0 radical (unpaired) electrons. The minimum absolute atomic E-state index is 0. The quantitative estimate of drug-likeness (QED) is 0.711. The van der Waals surface area contributed by atoms with Crippen molar-refractivity contribution in [3.63, 3.8) is 0 Å². The Bertz CT molecular complexity index is 835. The highest BCUT2D eigenvalue weighted by atomic mass is 32.1. The van der Waals surface area contributed by atoms with E-state index in [1.165, 1.54) is 0 Å². The molecule has 0 aliphatic carbocycles. The van der Waals surface area contributed by atoms with Crippen LogP contribution >= 0.6 is 11.3 Å². The van der Waals surface area contributed by atoms with Gasteiger partial charge in [0, 0.05) is 30.7 Å². The van der Waals surface area contributed by atoms with E-state index in [-0.39, 0.29) is 7.53 Å². The van der Waals surface area contributed by atoms with Gasteiger partial charge in [0.1, 0.15) is 22.7 Å². The third-order valence-corrected chi connectivity index (χ3v) is 4.85. The zero-order valence-corrected chi connectivity index (χ0v) is 15.2. The van der Waals surface area contributed by atoms with Gasteiger partial charge in [-0.1, -0.05) is 0 Å². The Hall–Kier alpha value is -2.31. The molecule has 1 N–H and O–H groups in total. The molecule has 1 aliphatic rings. The van der Waals surface area contributed by atoms with E-state index in [4.69, 9.17) is 4.74 Å². The van der Waals surface area contributed by atoms with Crippen LogP contribution in [0.3, 0.4) is 0 Å². The van der Waals surface area contributed by atoms with Crippen LogP contribution in [0.2, 0.25) is 0 Å². The highest BCUT2D eigenvalue weighted by Gasteiger charge is 2.18. The predicted molar refractivity (Wildman–Crippen MR) is 105 cm³/mol. The average molecular weight is 356 g/mol. The minimum atomic E-state index is 0. The number of thiazole rings is 1. The number of benzene rings is 1. The number of hydrogen-bond donors (Lipinski definition) is 1. The summed E-state index contributed by atoms with van der Waals surface area (Å²) in [5.41, 5.74) is 1.94. The Labute approximate surface area is 153 Å². The summed E-state index contributed by atoms with van der Waals surface area (Å²) in [5.74, 6) is 1.64. The predicted octanol–water partition coefficient (Wildman–Crippen LogP) is 4.24. The first kappa shape index (κ1) is 17.5. The van der Waals surface area contributed by atoms with E-state index in [0.29, 0.717) is 0 Å². The second-order valence-electron chi connectivity index (χ2n) is 5.73. The topological polar surface area (TPSA) is 59.9 Å². The highest BCUT2D eigenvalue weighted by molar-refractivity contribution is 7.13. The van der Waals surface area contributed by atoms with E-state index >= 15 is 0 Å². The maximum Gasteiger partial charge on any atom is 0.132 e. The lowest BCUT2D eigenvalue weighted by Crippen LogP contribution is -2.34. The second-order valence-corrected chi connectivity index (χ2v) is 6.62. The summed E-state index contributed by atoms with van der Waals surface area (Å²) in [7, 11) is 0. The Kier molecular flexibility index (Phi) is 5.73. The zero-order valence-electron chi connectivity index (χ0n) is 14.4. The van der Waals surface area contributed by atoms with Gasteiger partial charge in [-0.15, -0.1) is 24.5 Å². The van der Waals surface area contributed by atoms with Crippen LogP contribution < -0.4 is 10.1 Å². The fourth-order valence-corrected chi connectivity index (χ4v) is 3.52. The Morgan fingerprint density at radius 2 is 2.04 bits per heavy atom. The molecule has 25 heavy (non-hydrogen) atoms. The number of aromatic nitrogens is 3. The van der Waals surface area contributed by atoms with Gasteiger partial charge in [0.2, 0.25) is 0 Å².